The van der Waals surface area contributed by atoms with E-state index in [1.165, 1.54) is 12.1 Å². The first kappa shape index (κ1) is 17.1. The van der Waals surface area contributed by atoms with Gasteiger partial charge in [-0.3, -0.25) is 14.9 Å². The number of non-ortho nitro benzene ring substituents is 1. The molecule has 0 spiro atoms. The molecule has 0 aliphatic carbocycles. The highest BCUT2D eigenvalue weighted by atomic mass is 16.6. The van der Waals surface area contributed by atoms with Crippen LogP contribution in [0.15, 0.2) is 24.3 Å². The van der Waals surface area contributed by atoms with Crippen LogP contribution in [-0.4, -0.2) is 16.5 Å². The lowest BCUT2D eigenvalue weighted by atomic mass is 9.81. The lowest BCUT2D eigenvalue weighted by molar-refractivity contribution is -0.384. The second kappa shape index (κ2) is 5.81. The summed E-state index contributed by atoms with van der Waals surface area (Å²) in [6.45, 7) is 8.77. The highest BCUT2D eigenvalue weighted by Crippen LogP contribution is 2.34. The van der Waals surface area contributed by atoms with Crippen LogP contribution in [0.1, 0.15) is 46.2 Å². The lowest BCUT2D eigenvalue weighted by Crippen LogP contribution is -2.41. The summed E-state index contributed by atoms with van der Waals surface area (Å²) in [5.74, 6) is -0.402. The number of hydrogen-bond donors (Lipinski definition) is 1. The van der Waals surface area contributed by atoms with Gasteiger partial charge in [-0.2, -0.15) is 0 Å². The zero-order valence-electron chi connectivity index (χ0n) is 13.0. The SMILES string of the molecule is CC(C)(C)OC(=O)C(C)(C)C(N)c1ccc([N+](=O)[O-])cc1. The molecule has 0 saturated carbocycles. The van der Waals surface area contributed by atoms with Crippen LogP contribution in [-0.2, 0) is 9.53 Å². The van der Waals surface area contributed by atoms with Crippen molar-refractivity contribution < 1.29 is 14.5 Å². The van der Waals surface area contributed by atoms with Gasteiger partial charge in [0.05, 0.1) is 10.3 Å². The summed E-state index contributed by atoms with van der Waals surface area (Å²) in [6.07, 6.45) is 0. The van der Waals surface area contributed by atoms with E-state index in [1.807, 2.05) is 0 Å². The summed E-state index contributed by atoms with van der Waals surface area (Å²) in [6, 6.07) is 5.26. The van der Waals surface area contributed by atoms with E-state index in [4.69, 9.17) is 10.5 Å². The second-order valence-corrected chi connectivity index (χ2v) is 6.55. The van der Waals surface area contributed by atoms with Gasteiger partial charge in [0.1, 0.15) is 5.60 Å². The van der Waals surface area contributed by atoms with Crippen molar-refractivity contribution in [3.8, 4) is 0 Å². The Kier molecular flexibility index (Phi) is 4.73. The second-order valence-electron chi connectivity index (χ2n) is 6.55. The quantitative estimate of drug-likeness (QED) is 0.523. The van der Waals surface area contributed by atoms with Crippen molar-refractivity contribution in [2.24, 2.45) is 11.1 Å². The number of nitro groups is 1. The largest absolute Gasteiger partial charge is 0.460 e. The summed E-state index contributed by atoms with van der Waals surface area (Å²) in [5, 5.41) is 10.6. The first-order chi connectivity index (χ1) is 9.45. The van der Waals surface area contributed by atoms with Crippen molar-refractivity contribution >= 4 is 11.7 Å². The molecule has 0 radical (unpaired) electrons. The van der Waals surface area contributed by atoms with E-state index in [-0.39, 0.29) is 5.69 Å². The Labute approximate surface area is 124 Å². The smallest absolute Gasteiger partial charge is 0.313 e. The zero-order chi connectivity index (χ0) is 16.4. The van der Waals surface area contributed by atoms with E-state index in [1.54, 1.807) is 46.8 Å². The van der Waals surface area contributed by atoms with Crippen molar-refractivity contribution in [3.63, 3.8) is 0 Å². The van der Waals surface area contributed by atoms with Crippen LogP contribution in [0.4, 0.5) is 5.69 Å². The molecular weight excluding hydrogens is 272 g/mol. The number of nitro benzene ring substituents is 1. The third-order valence-corrected chi connectivity index (χ3v) is 3.17. The van der Waals surface area contributed by atoms with Crippen molar-refractivity contribution in [2.75, 3.05) is 0 Å². The molecule has 1 rings (SSSR count). The summed E-state index contributed by atoms with van der Waals surface area (Å²) in [7, 11) is 0. The maximum absolute atomic E-state index is 12.3. The molecule has 1 aromatic rings. The molecule has 0 aliphatic rings. The number of hydrogen-bond acceptors (Lipinski definition) is 5. The molecule has 1 unspecified atom stereocenters. The molecule has 0 saturated heterocycles. The molecule has 116 valence electrons. The van der Waals surface area contributed by atoms with E-state index in [0.717, 1.165) is 0 Å². The number of esters is 1. The van der Waals surface area contributed by atoms with Gasteiger partial charge in [-0.25, -0.2) is 0 Å². The van der Waals surface area contributed by atoms with Gasteiger partial charge in [-0.05, 0) is 40.2 Å². The first-order valence-electron chi connectivity index (χ1n) is 6.68. The third-order valence-electron chi connectivity index (χ3n) is 3.17. The maximum Gasteiger partial charge on any atom is 0.313 e. The van der Waals surface area contributed by atoms with Gasteiger partial charge in [0.25, 0.3) is 5.69 Å². The Hall–Kier alpha value is -1.95. The Morgan fingerprint density at radius 3 is 2.05 bits per heavy atom. The highest BCUT2D eigenvalue weighted by molar-refractivity contribution is 5.77. The Balaban J connectivity index is 2.97. The topological polar surface area (TPSA) is 95.5 Å². The third kappa shape index (κ3) is 4.26. The first-order valence-corrected chi connectivity index (χ1v) is 6.68. The van der Waals surface area contributed by atoms with Crippen LogP contribution in [0.3, 0.4) is 0 Å². The molecule has 0 fully saturated rings. The Bertz CT molecular complexity index is 530. The number of ether oxygens (including phenoxy) is 1. The number of carbonyl (C=O) groups excluding carboxylic acids is 1. The summed E-state index contributed by atoms with van der Waals surface area (Å²) >= 11 is 0. The van der Waals surface area contributed by atoms with E-state index >= 15 is 0 Å². The van der Waals surface area contributed by atoms with Crippen LogP contribution in [0.25, 0.3) is 0 Å². The monoisotopic (exact) mass is 294 g/mol. The minimum Gasteiger partial charge on any atom is -0.460 e. The molecule has 0 bridgehead atoms. The Morgan fingerprint density at radius 1 is 1.19 bits per heavy atom. The molecular formula is C15H22N2O4. The van der Waals surface area contributed by atoms with Crippen LogP contribution in [0, 0.1) is 15.5 Å². The van der Waals surface area contributed by atoms with Crippen LogP contribution in [0.5, 0.6) is 0 Å². The number of benzene rings is 1. The standard InChI is InChI=1S/C15H22N2O4/c1-14(2,3)21-13(18)15(4,5)12(16)10-6-8-11(9-7-10)17(19)20/h6-9,12H,16H2,1-5H3. The van der Waals surface area contributed by atoms with Crippen molar-refractivity contribution in [2.45, 2.75) is 46.3 Å². The number of nitrogens with two attached hydrogens (primary N) is 1. The lowest BCUT2D eigenvalue weighted by Gasteiger charge is -2.33. The average Bonchev–Trinajstić information content (AvgIpc) is 2.35. The van der Waals surface area contributed by atoms with E-state index in [2.05, 4.69) is 0 Å². The zero-order valence-corrected chi connectivity index (χ0v) is 13.0. The van der Waals surface area contributed by atoms with Crippen molar-refractivity contribution in [1.29, 1.82) is 0 Å². The van der Waals surface area contributed by atoms with E-state index in [0.29, 0.717) is 5.56 Å². The van der Waals surface area contributed by atoms with Gasteiger partial charge < -0.3 is 10.5 Å². The molecule has 1 atom stereocenters. The molecule has 0 heterocycles. The molecule has 0 aromatic heterocycles. The highest BCUT2D eigenvalue weighted by Gasteiger charge is 2.39. The van der Waals surface area contributed by atoms with Gasteiger partial charge in [-0.1, -0.05) is 12.1 Å². The predicted molar refractivity (Wildman–Crippen MR) is 79.7 cm³/mol. The minimum absolute atomic E-state index is 0.0129. The van der Waals surface area contributed by atoms with Gasteiger partial charge in [0.15, 0.2) is 0 Å². The number of rotatable bonds is 4. The molecule has 6 nitrogen and oxygen atoms in total. The van der Waals surface area contributed by atoms with Gasteiger partial charge in [0, 0.05) is 18.2 Å². The summed E-state index contributed by atoms with van der Waals surface area (Å²) in [4.78, 5) is 22.4. The molecule has 2 N–H and O–H groups in total. The minimum atomic E-state index is -0.941. The molecule has 6 heteroatoms. The fraction of sp³-hybridized carbons (Fsp3) is 0.533. The molecule has 0 aliphatic heterocycles. The molecule has 0 amide bonds. The van der Waals surface area contributed by atoms with Gasteiger partial charge in [0.2, 0.25) is 0 Å². The van der Waals surface area contributed by atoms with Gasteiger partial charge in [-0.15, -0.1) is 0 Å². The van der Waals surface area contributed by atoms with Crippen LogP contribution in [0.2, 0.25) is 0 Å². The summed E-state index contributed by atoms with van der Waals surface area (Å²) < 4.78 is 5.38. The molecule has 21 heavy (non-hydrogen) atoms. The average molecular weight is 294 g/mol. The van der Waals surface area contributed by atoms with Crippen molar-refractivity contribution in [1.82, 2.24) is 0 Å². The maximum atomic E-state index is 12.3. The predicted octanol–water partition coefficient (Wildman–Crippen LogP) is 2.96. The van der Waals surface area contributed by atoms with Crippen LogP contribution < -0.4 is 5.73 Å². The van der Waals surface area contributed by atoms with Gasteiger partial charge >= 0.3 is 5.97 Å². The van der Waals surface area contributed by atoms with Crippen molar-refractivity contribution in [3.05, 3.63) is 39.9 Å². The Morgan fingerprint density at radius 2 is 1.67 bits per heavy atom. The van der Waals surface area contributed by atoms with E-state index < -0.39 is 28.0 Å². The fourth-order valence-electron chi connectivity index (χ4n) is 1.76. The normalized spacial score (nSPS) is 13.6. The number of carbonyl (C=O) groups is 1. The fourth-order valence-corrected chi connectivity index (χ4v) is 1.76. The number of nitrogens with zero attached hydrogens (tertiary/aromatic N) is 1. The van der Waals surface area contributed by atoms with Crippen LogP contribution >= 0.6 is 0 Å². The summed E-state index contributed by atoms with van der Waals surface area (Å²) in [5.41, 5.74) is 5.25. The molecule has 1 aromatic carbocycles. The van der Waals surface area contributed by atoms with E-state index in [9.17, 15) is 14.9 Å².